The number of halogens is 1. The molecule has 0 aliphatic heterocycles. The van der Waals surface area contributed by atoms with E-state index in [1.54, 1.807) is 0 Å². The lowest BCUT2D eigenvalue weighted by Crippen LogP contribution is -1.99. The molecule has 0 spiro atoms. The van der Waals surface area contributed by atoms with Crippen LogP contribution in [0.2, 0.25) is 0 Å². The second-order valence-electron chi connectivity index (χ2n) is 3.64. The maximum Gasteiger partial charge on any atom is 0.0835 e. The van der Waals surface area contributed by atoms with E-state index < -0.39 is 0 Å². The zero-order valence-electron chi connectivity index (χ0n) is 7.62. The highest BCUT2D eigenvalue weighted by Gasteiger charge is 2.20. The number of aromatic nitrogens is 3. The van der Waals surface area contributed by atoms with Crippen LogP contribution in [-0.4, -0.2) is 20.3 Å². The Morgan fingerprint density at radius 2 is 2.38 bits per heavy atom. The lowest BCUT2D eigenvalue weighted by molar-refractivity contribution is 0.531. The summed E-state index contributed by atoms with van der Waals surface area (Å²) in [6.45, 7) is 1.04. The molecule has 13 heavy (non-hydrogen) atoms. The monoisotopic (exact) mass is 243 g/mol. The van der Waals surface area contributed by atoms with Crippen molar-refractivity contribution < 1.29 is 0 Å². The fourth-order valence-electron chi connectivity index (χ4n) is 1.38. The average Bonchev–Trinajstić information content (AvgIpc) is 2.85. The summed E-state index contributed by atoms with van der Waals surface area (Å²) in [6, 6.07) is 0. The van der Waals surface area contributed by atoms with Crippen molar-refractivity contribution in [3.63, 3.8) is 0 Å². The van der Waals surface area contributed by atoms with Gasteiger partial charge in [0.05, 0.1) is 5.69 Å². The Kier molecular flexibility index (Phi) is 2.98. The molecule has 0 N–H and O–H groups in total. The normalized spacial score (nSPS) is 16.4. The molecule has 0 amide bonds. The summed E-state index contributed by atoms with van der Waals surface area (Å²) in [7, 11) is 0. The Morgan fingerprint density at radius 1 is 1.54 bits per heavy atom. The van der Waals surface area contributed by atoms with Crippen LogP contribution in [0.4, 0.5) is 0 Å². The van der Waals surface area contributed by atoms with E-state index in [0.29, 0.717) is 0 Å². The molecule has 1 aromatic heterocycles. The predicted molar refractivity (Wildman–Crippen MR) is 54.9 cm³/mol. The van der Waals surface area contributed by atoms with Gasteiger partial charge in [0.15, 0.2) is 0 Å². The summed E-state index contributed by atoms with van der Waals surface area (Å²) in [4.78, 5) is 0. The van der Waals surface area contributed by atoms with Crippen molar-refractivity contribution in [1.82, 2.24) is 15.0 Å². The number of rotatable bonds is 5. The van der Waals surface area contributed by atoms with Crippen molar-refractivity contribution in [3.8, 4) is 0 Å². The molecule has 0 unspecified atom stereocenters. The second kappa shape index (κ2) is 4.22. The summed E-state index contributed by atoms with van der Waals surface area (Å²) in [5.74, 6) is 0.976. The van der Waals surface area contributed by atoms with Gasteiger partial charge in [-0.3, -0.25) is 4.68 Å². The third-order valence-corrected chi connectivity index (χ3v) is 2.80. The molecule has 1 fully saturated rings. The molecular weight excluding hydrogens is 230 g/mol. The minimum Gasteiger partial charge on any atom is -0.252 e. The molecule has 2 rings (SSSR count). The van der Waals surface area contributed by atoms with Gasteiger partial charge >= 0.3 is 0 Å². The van der Waals surface area contributed by atoms with Crippen molar-refractivity contribution in [2.45, 2.75) is 32.2 Å². The van der Waals surface area contributed by atoms with Crippen LogP contribution in [0.5, 0.6) is 0 Å². The molecule has 0 radical (unpaired) electrons. The molecule has 72 valence electrons. The van der Waals surface area contributed by atoms with Crippen LogP contribution in [0, 0.1) is 5.92 Å². The summed E-state index contributed by atoms with van der Waals surface area (Å²) in [6.07, 6.45) is 7.15. The van der Waals surface area contributed by atoms with Crippen LogP contribution in [-0.2, 0) is 13.0 Å². The Hall–Kier alpha value is -0.380. The number of aryl methyl sites for hydroxylation is 2. The van der Waals surface area contributed by atoms with Gasteiger partial charge in [-0.1, -0.05) is 34.0 Å². The van der Waals surface area contributed by atoms with E-state index in [-0.39, 0.29) is 0 Å². The van der Waals surface area contributed by atoms with E-state index in [1.807, 2.05) is 4.68 Å². The van der Waals surface area contributed by atoms with Crippen LogP contribution < -0.4 is 0 Å². The highest BCUT2D eigenvalue weighted by molar-refractivity contribution is 9.09. The Bertz CT molecular complexity index is 268. The van der Waals surface area contributed by atoms with Gasteiger partial charge in [-0.05, 0) is 12.3 Å². The van der Waals surface area contributed by atoms with Gasteiger partial charge in [0.2, 0.25) is 0 Å². The van der Waals surface area contributed by atoms with Gasteiger partial charge in [0.25, 0.3) is 0 Å². The topological polar surface area (TPSA) is 30.7 Å². The Balaban J connectivity index is 1.81. The van der Waals surface area contributed by atoms with Gasteiger partial charge in [-0.15, -0.1) is 5.10 Å². The number of hydrogen-bond donors (Lipinski definition) is 0. The molecule has 1 saturated carbocycles. The summed E-state index contributed by atoms with van der Waals surface area (Å²) >= 11 is 3.39. The molecule has 0 bridgehead atoms. The molecule has 1 aromatic rings. The molecule has 0 atom stereocenters. The lowest BCUT2D eigenvalue weighted by Gasteiger charge is -1.96. The first-order chi connectivity index (χ1) is 6.38. The third kappa shape index (κ3) is 2.79. The smallest absolute Gasteiger partial charge is 0.0835 e. The highest BCUT2D eigenvalue weighted by atomic mass is 79.9. The van der Waals surface area contributed by atoms with E-state index >= 15 is 0 Å². The van der Waals surface area contributed by atoms with Gasteiger partial charge < -0.3 is 0 Å². The highest BCUT2D eigenvalue weighted by Crippen LogP contribution is 2.32. The lowest BCUT2D eigenvalue weighted by atomic mass is 10.3. The maximum absolute atomic E-state index is 4.09. The van der Waals surface area contributed by atoms with Crippen LogP contribution in [0.25, 0.3) is 0 Å². The third-order valence-electron chi connectivity index (χ3n) is 2.40. The number of nitrogens with zero attached hydrogens (tertiary/aromatic N) is 3. The Morgan fingerprint density at radius 3 is 3.08 bits per heavy atom. The van der Waals surface area contributed by atoms with E-state index in [1.165, 1.54) is 19.3 Å². The van der Waals surface area contributed by atoms with Crippen molar-refractivity contribution in [2.75, 3.05) is 5.33 Å². The van der Waals surface area contributed by atoms with Gasteiger partial charge in [-0.2, -0.15) is 0 Å². The first-order valence-corrected chi connectivity index (χ1v) is 5.95. The van der Waals surface area contributed by atoms with Gasteiger partial charge in [0, 0.05) is 24.5 Å². The van der Waals surface area contributed by atoms with E-state index in [2.05, 4.69) is 32.4 Å². The van der Waals surface area contributed by atoms with E-state index in [4.69, 9.17) is 0 Å². The van der Waals surface area contributed by atoms with Crippen LogP contribution in [0.3, 0.4) is 0 Å². The summed E-state index contributed by atoms with van der Waals surface area (Å²) < 4.78 is 1.97. The fourth-order valence-corrected chi connectivity index (χ4v) is 1.79. The number of alkyl halides is 1. The fraction of sp³-hybridized carbons (Fsp3) is 0.778. The minimum absolute atomic E-state index is 0.967. The summed E-state index contributed by atoms with van der Waals surface area (Å²) in [5.41, 5.74) is 1.09. The van der Waals surface area contributed by atoms with Crippen LogP contribution >= 0.6 is 15.9 Å². The van der Waals surface area contributed by atoms with Gasteiger partial charge in [-0.25, -0.2) is 0 Å². The second-order valence-corrected chi connectivity index (χ2v) is 4.44. The van der Waals surface area contributed by atoms with Crippen molar-refractivity contribution in [2.24, 2.45) is 5.92 Å². The maximum atomic E-state index is 4.09. The van der Waals surface area contributed by atoms with Crippen LogP contribution in [0.1, 0.15) is 25.0 Å². The molecular formula is C9H14BrN3. The van der Waals surface area contributed by atoms with Gasteiger partial charge in [0.1, 0.15) is 0 Å². The SMILES string of the molecule is BrCCc1cn(CCC2CC2)nn1. The minimum atomic E-state index is 0.967. The molecule has 1 aliphatic carbocycles. The molecule has 4 heteroatoms. The quantitative estimate of drug-likeness (QED) is 0.742. The van der Waals surface area contributed by atoms with E-state index in [0.717, 1.165) is 29.9 Å². The molecule has 1 aliphatic rings. The molecule has 0 saturated heterocycles. The number of hydrogen-bond acceptors (Lipinski definition) is 2. The van der Waals surface area contributed by atoms with E-state index in [9.17, 15) is 0 Å². The largest absolute Gasteiger partial charge is 0.252 e. The molecule has 3 nitrogen and oxygen atoms in total. The predicted octanol–water partition coefficient (Wildman–Crippen LogP) is 2.02. The first-order valence-electron chi connectivity index (χ1n) is 4.83. The van der Waals surface area contributed by atoms with Crippen LogP contribution in [0.15, 0.2) is 6.20 Å². The van der Waals surface area contributed by atoms with Crippen molar-refractivity contribution >= 4 is 15.9 Å². The van der Waals surface area contributed by atoms with Crippen molar-refractivity contribution in [3.05, 3.63) is 11.9 Å². The average molecular weight is 244 g/mol. The molecule has 1 heterocycles. The first kappa shape index (κ1) is 9.19. The standard InChI is InChI=1S/C9H14BrN3/c10-5-3-9-7-13(12-11-9)6-4-8-1-2-8/h7-8H,1-6H2. The Labute approximate surface area is 86.6 Å². The zero-order valence-corrected chi connectivity index (χ0v) is 9.20. The summed E-state index contributed by atoms with van der Waals surface area (Å²) in [5, 5.41) is 9.13. The molecule has 0 aromatic carbocycles. The van der Waals surface area contributed by atoms with Crippen molar-refractivity contribution in [1.29, 1.82) is 0 Å². The zero-order chi connectivity index (χ0) is 9.10.